The predicted octanol–water partition coefficient (Wildman–Crippen LogP) is 3.21. The van der Waals surface area contributed by atoms with Crippen LogP contribution >= 0.6 is 0 Å². The maximum atomic E-state index is 12.7. The van der Waals surface area contributed by atoms with Gasteiger partial charge in [-0.1, -0.05) is 0 Å². The van der Waals surface area contributed by atoms with Crippen molar-refractivity contribution in [1.82, 2.24) is 5.32 Å². The smallest absolute Gasteiger partial charge is 0.416 e. The molecule has 2 N–H and O–H groups in total. The number of carboxylic acids is 1. The van der Waals surface area contributed by atoms with Gasteiger partial charge in [0.2, 0.25) is 0 Å². The second-order valence-electron chi connectivity index (χ2n) is 4.86. The molecule has 1 rings (SSSR count). The normalized spacial score (nSPS) is 13.0. The summed E-state index contributed by atoms with van der Waals surface area (Å²) in [6, 6.07) is 0.208. The molecule has 1 aromatic carbocycles. The molecule has 1 amide bonds. The first-order chi connectivity index (χ1) is 11.4. The van der Waals surface area contributed by atoms with Crippen molar-refractivity contribution in [2.75, 3.05) is 0 Å². The second-order valence-corrected chi connectivity index (χ2v) is 4.86. The van der Waals surface area contributed by atoms with Gasteiger partial charge in [0, 0.05) is 12.0 Å². The van der Waals surface area contributed by atoms with Crippen molar-refractivity contribution in [1.29, 1.82) is 5.26 Å². The number of nitrogens with one attached hydrogen (secondary N) is 1. The van der Waals surface area contributed by atoms with E-state index in [0.717, 1.165) is 0 Å². The number of benzene rings is 1. The molecule has 0 fully saturated rings. The van der Waals surface area contributed by atoms with Crippen LogP contribution in [0.2, 0.25) is 0 Å². The number of nitriles is 1. The molecule has 0 spiro atoms. The van der Waals surface area contributed by atoms with Crippen LogP contribution in [0.5, 0.6) is 0 Å². The van der Waals surface area contributed by atoms with Crippen molar-refractivity contribution < 1.29 is 41.0 Å². The number of aliphatic carboxylic acids is 1. The fraction of sp³-hybridized carbons (Fsp3) is 0.357. The molecule has 136 valence electrons. The number of hydrogen-bond acceptors (Lipinski definition) is 3. The van der Waals surface area contributed by atoms with E-state index in [2.05, 4.69) is 0 Å². The average Bonchev–Trinajstić information content (AvgIpc) is 2.48. The number of rotatable bonds is 5. The quantitative estimate of drug-likeness (QED) is 0.781. The minimum atomic E-state index is -5.14. The molecule has 0 unspecified atom stereocenters. The molecule has 0 saturated carbocycles. The lowest BCUT2D eigenvalue weighted by atomic mass is 10.0. The Morgan fingerprint density at radius 2 is 1.56 bits per heavy atom. The molecule has 11 heteroatoms. The molecule has 25 heavy (non-hydrogen) atoms. The van der Waals surface area contributed by atoms with Gasteiger partial charge >= 0.3 is 18.3 Å². The Kier molecular flexibility index (Phi) is 6.01. The van der Waals surface area contributed by atoms with Crippen LogP contribution in [-0.4, -0.2) is 23.0 Å². The van der Waals surface area contributed by atoms with Gasteiger partial charge in [0.25, 0.3) is 5.91 Å². The molecular formula is C14H10F6N2O3. The fourth-order valence-electron chi connectivity index (χ4n) is 1.79. The lowest BCUT2D eigenvalue weighted by molar-refractivity contribution is -0.143. The van der Waals surface area contributed by atoms with E-state index in [1.54, 1.807) is 11.4 Å². The van der Waals surface area contributed by atoms with E-state index in [4.69, 9.17) is 10.4 Å². The molecule has 0 bridgehead atoms. The summed E-state index contributed by atoms with van der Waals surface area (Å²) in [5.41, 5.74) is -4.39. The van der Waals surface area contributed by atoms with Gasteiger partial charge in [-0.25, -0.2) is 4.79 Å². The summed E-state index contributed by atoms with van der Waals surface area (Å²) < 4.78 is 76.4. The van der Waals surface area contributed by atoms with E-state index >= 15 is 0 Å². The third-order valence-corrected chi connectivity index (χ3v) is 3.00. The van der Waals surface area contributed by atoms with Crippen LogP contribution in [-0.2, 0) is 17.1 Å². The second kappa shape index (κ2) is 7.42. The van der Waals surface area contributed by atoms with E-state index in [-0.39, 0.29) is 31.0 Å². The molecule has 0 radical (unpaired) electrons. The number of nitrogens with zero attached hydrogens (tertiary/aromatic N) is 1. The van der Waals surface area contributed by atoms with Gasteiger partial charge < -0.3 is 10.4 Å². The maximum absolute atomic E-state index is 12.7. The molecule has 1 aromatic rings. The van der Waals surface area contributed by atoms with Crippen molar-refractivity contribution in [2.45, 2.75) is 31.2 Å². The van der Waals surface area contributed by atoms with E-state index < -0.39 is 47.0 Å². The van der Waals surface area contributed by atoms with Crippen LogP contribution in [0.3, 0.4) is 0 Å². The van der Waals surface area contributed by atoms with Crippen LogP contribution in [0.25, 0.3) is 0 Å². The predicted molar refractivity (Wildman–Crippen MR) is 70.2 cm³/mol. The zero-order valence-electron chi connectivity index (χ0n) is 12.2. The van der Waals surface area contributed by atoms with Gasteiger partial charge in [-0.15, -0.1) is 0 Å². The van der Waals surface area contributed by atoms with Crippen molar-refractivity contribution >= 4 is 11.9 Å². The number of carbonyl (C=O) groups excluding carboxylic acids is 1. The molecule has 0 aliphatic rings. The highest BCUT2D eigenvalue weighted by Gasteiger charge is 2.37. The summed E-state index contributed by atoms with van der Waals surface area (Å²) >= 11 is 0. The van der Waals surface area contributed by atoms with E-state index in [0.29, 0.717) is 0 Å². The van der Waals surface area contributed by atoms with Gasteiger partial charge in [-0.3, -0.25) is 4.79 Å². The first-order valence-electron chi connectivity index (χ1n) is 6.56. The molecule has 0 aliphatic heterocycles. The van der Waals surface area contributed by atoms with Crippen LogP contribution in [0.15, 0.2) is 18.2 Å². The zero-order chi connectivity index (χ0) is 19.4. The highest BCUT2D eigenvalue weighted by atomic mass is 19.4. The molecule has 0 aliphatic carbocycles. The van der Waals surface area contributed by atoms with Crippen LogP contribution in [0, 0.1) is 11.3 Å². The number of carbonyl (C=O) groups is 2. The first-order valence-corrected chi connectivity index (χ1v) is 6.56. The number of amides is 1. The summed E-state index contributed by atoms with van der Waals surface area (Å²) in [5.74, 6) is -3.01. The molecule has 5 nitrogen and oxygen atoms in total. The summed E-state index contributed by atoms with van der Waals surface area (Å²) in [4.78, 5) is 22.8. The Morgan fingerprint density at radius 3 is 1.92 bits per heavy atom. The highest BCUT2D eigenvalue weighted by Crippen LogP contribution is 2.36. The minimum Gasteiger partial charge on any atom is -0.480 e. The largest absolute Gasteiger partial charge is 0.480 e. The Balaban J connectivity index is 3.24. The number of alkyl halides is 6. The maximum Gasteiger partial charge on any atom is 0.416 e. The van der Waals surface area contributed by atoms with Crippen molar-refractivity contribution in [3.63, 3.8) is 0 Å². The van der Waals surface area contributed by atoms with E-state index in [1.807, 2.05) is 0 Å². The van der Waals surface area contributed by atoms with Crippen LogP contribution in [0.1, 0.15) is 34.3 Å². The molecule has 0 heterocycles. The van der Waals surface area contributed by atoms with Gasteiger partial charge in [0.15, 0.2) is 0 Å². The van der Waals surface area contributed by atoms with E-state index in [1.165, 1.54) is 0 Å². The van der Waals surface area contributed by atoms with Crippen molar-refractivity contribution in [2.24, 2.45) is 0 Å². The number of halogens is 6. The number of hydrogen-bond donors (Lipinski definition) is 2. The zero-order valence-corrected chi connectivity index (χ0v) is 12.2. The fourth-order valence-corrected chi connectivity index (χ4v) is 1.79. The van der Waals surface area contributed by atoms with Gasteiger partial charge in [-0.2, -0.15) is 31.6 Å². The van der Waals surface area contributed by atoms with Crippen LogP contribution < -0.4 is 5.32 Å². The Morgan fingerprint density at radius 1 is 1.08 bits per heavy atom. The molecule has 0 saturated heterocycles. The Bertz CT molecular complexity index is 674. The van der Waals surface area contributed by atoms with Crippen molar-refractivity contribution in [3.8, 4) is 6.07 Å². The topological polar surface area (TPSA) is 90.2 Å². The minimum absolute atomic E-state index is 0.152. The van der Waals surface area contributed by atoms with Gasteiger partial charge in [0.05, 0.1) is 17.2 Å². The SMILES string of the molecule is N#CCC[C@H](NC(=O)c1cc(C(F)(F)F)cc(C(F)(F)F)c1)C(=O)O. The van der Waals surface area contributed by atoms with Crippen molar-refractivity contribution in [3.05, 3.63) is 34.9 Å². The number of carboxylic acid groups (broad SMARTS) is 1. The Labute approximate surface area is 136 Å². The molecule has 0 aromatic heterocycles. The molecular weight excluding hydrogens is 358 g/mol. The summed E-state index contributed by atoms with van der Waals surface area (Å²) in [6.45, 7) is 0. The molecule has 1 atom stereocenters. The van der Waals surface area contributed by atoms with Gasteiger partial charge in [-0.05, 0) is 24.6 Å². The summed E-state index contributed by atoms with van der Waals surface area (Å²) in [7, 11) is 0. The Hall–Kier alpha value is -2.77. The third kappa shape index (κ3) is 5.66. The lowest BCUT2D eigenvalue weighted by Crippen LogP contribution is -2.40. The van der Waals surface area contributed by atoms with Gasteiger partial charge in [0.1, 0.15) is 6.04 Å². The summed E-state index contributed by atoms with van der Waals surface area (Å²) in [5, 5.41) is 19.1. The standard InChI is InChI=1S/C14H10F6N2O3/c15-13(16,17)8-4-7(5-9(6-8)14(18,19)20)11(23)22-10(12(24)25)2-1-3-21/h4-6,10H,1-2H2,(H,22,23)(H,24,25)/t10-/m0/s1. The van der Waals surface area contributed by atoms with Crippen LogP contribution in [0.4, 0.5) is 26.3 Å². The summed E-state index contributed by atoms with van der Waals surface area (Å²) in [6.07, 6.45) is -10.9. The monoisotopic (exact) mass is 368 g/mol. The van der Waals surface area contributed by atoms with E-state index in [9.17, 15) is 35.9 Å². The third-order valence-electron chi connectivity index (χ3n) is 3.00. The lowest BCUT2D eigenvalue weighted by Gasteiger charge is -2.16. The first kappa shape index (κ1) is 20.3. The highest BCUT2D eigenvalue weighted by molar-refractivity contribution is 5.97. The average molecular weight is 368 g/mol.